The van der Waals surface area contributed by atoms with Gasteiger partial charge in [0.05, 0.1) is 15.5 Å². The van der Waals surface area contributed by atoms with Gasteiger partial charge in [0.25, 0.3) is 5.69 Å². The van der Waals surface area contributed by atoms with Gasteiger partial charge in [0.2, 0.25) is 0 Å². The average Bonchev–Trinajstić information content (AvgIpc) is 2.35. The number of hydrogen-bond acceptors (Lipinski definition) is 4. The van der Waals surface area contributed by atoms with Crippen molar-refractivity contribution in [2.75, 3.05) is 20.6 Å². The summed E-state index contributed by atoms with van der Waals surface area (Å²) in [6.45, 7) is 5.63. The molecule has 0 aromatic heterocycles. The Morgan fingerprint density at radius 2 is 2.05 bits per heavy atom. The van der Waals surface area contributed by atoms with Crippen LogP contribution in [0.25, 0.3) is 0 Å². The summed E-state index contributed by atoms with van der Waals surface area (Å²) in [5.41, 5.74) is 0.625. The van der Waals surface area contributed by atoms with Gasteiger partial charge in [-0.1, -0.05) is 31.5 Å². The Kier molecular flexibility index (Phi) is 7.08. The van der Waals surface area contributed by atoms with Gasteiger partial charge in [-0.3, -0.25) is 10.1 Å². The molecule has 0 fully saturated rings. The first kappa shape index (κ1) is 17.9. The van der Waals surface area contributed by atoms with Gasteiger partial charge >= 0.3 is 0 Å². The summed E-state index contributed by atoms with van der Waals surface area (Å²) in [4.78, 5) is 12.8. The second kappa shape index (κ2) is 8.32. The third kappa shape index (κ3) is 5.99. The highest BCUT2D eigenvalue weighted by molar-refractivity contribution is 6.31. The molecule has 1 rings (SSSR count). The Bertz CT molecular complexity index is 468. The second-order valence-corrected chi connectivity index (χ2v) is 6.37. The molecule has 0 saturated carbocycles. The molecule has 6 heteroatoms. The molecular weight excluding hydrogens is 290 g/mol. The molecule has 0 amide bonds. The SMILES string of the molecule is CC(C)CC(CN(C)C)NCc1c(Cl)cccc1[N+](=O)[O-]. The predicted molar refractivity (Wildman–Crippen MR) is 86.7 cm³/mol. The number of nitrogens with zero attached hydrogens (tertiary/aromatic N) is 2. The summed E-state index contributed by atoms with van der Waals surface area (Å²) >= 11 is 6.11. The highest BCUT2D eigenvalue weighted by atomic mass is 35.5. The smallest absolute Gasteiger partial charge is 0.275 e. The number of halogens is 1. The van der Waals surface area contributed by atoms with Crippen LogP contribution < -0.4 is 5.32 Å². The van der Waals surface area contributed by atoms with Crippen molar-refractivity contribution in [1.82, 2.24) is 10.2 Å². The number of nitro groups is 1. The number of hydrogen-bond donors (Lipinski definition) is 1. The lowest BCUT2D eigenvalue weighted by atomic mass is 10.0. The maximum absolute atomic E-state index is 11.1. The lowest BCUT2D eigenvalue weighted by molar-refractivity contribution is -0.385. The number of benzene rings is 1. The Balaban J connectivity index is 2.82. The van der Waals surface area contributed by atoms with E-state index in [1.165, 1.54) is 6.07 Å². The fourth-order valence-corrected chi connectivity index (χ4v) is 2.61. The van der Waals surface area contributed by atoms with Crippen molar-refractivity contribution in [2.45, 2.75) is 32.9 Å². The van der Waals surface area contributed by atoms with Gasteiger partial charge in [-0.05, 0) is 32.5 Å². The van der Waals surface area contributed by atoms with Crippen LogP contribution in [0.3, 0.4) is 0 Å². The summed E-state index contributed by atoms with van der Waals surface area (Å²) in [5, 5.41) is 14.9. The minimum atomic E-state index is -0.383. The fourth-order valence-electron chi connectivity index (χ4n) is 2.37. The normalized spacial score (nSPS) is 12.9. The van der Waals surface area contributed by atoms with E-state index < -0.39 is 0 Å². The number of nitrogens with one attached hydrogen (secondary N) is 1. The van der Waals surface area contributed by atoms with Crippen LogP contribution in [-0.2, 0) is 6.54 Å². The molecule has 0 saturated heterocycles. The van der Waals surface area contributed by atoms with Gasteiger partial charge in [0.15, 0.2) is 0 Å². The molecule has 0 spiro atoms. The average molecular weight is 314 g/mol. The predicted octanol–water partition coefficient (Wildman–Crippen LogP) is 3.31. The van der Waals surface area contributed by atoms with E-state index >= 15 is 0 Å². The van der Waals surface area contributed by atoms with Crippen LogP contribution in [0.2, 0.25) is 5.02 Å². The van der Waals surface area contributed by atoms with Crippen molar-refractivity contribution in [3.05, 3.63) is 38.9 Å². The van der Waals surface area contributed by atoms with E-state index in [4.69, 9.17) is 11.6 Å². The molecule has 1 N–H and O–H groups in total. The molecular formula is C15H24ClN3O2. The number of rotatable bonds is 8. The molecule has 0 aliphatic rings. The maximum Gasteiger partial charge on any atom is 0.275 e. The highest BCUT2D eigenvalue weighted by Crippen LogP contribution is 2.26. The molecule has 0 bridgehead atoms. The first-order chi connectivity index (χ1) is 9.81. The van der Waals surface area contributed by atoms with Crippen molar-refractivity contribution >= 4 is 17.3 Å². The van der Waals surface area contributed by atoms with Gasteiger partial charge in [0.1, 0.15) is 0 Å². The van der Waals surface area contributed by atoms with Gasteiger partial charge in [0, 0.05) is 25.2 Å². The molecule has 0 aliphatic heterocycles. The first-order valence-corrected chi connectivity index (χ1v) is 7.49. The second-order valence-electron chi connectivity index (χ2n) is 5.96. The molecule has 5 nitrogen and oxygen atoms in total. The van der Waals surface area contributed by atoms with Crippen molar-refractivity contribution in [2.24, 2.45) is 5.92 Å². The van der Waals surface area contributed by atoms with Crippen molar-refractivity contribution in [3.8, 4) is 0 Å². The van der Waals surface area contributed by atoms with Crippen molar-refractivity contribution in [1.29, 1.82) is 0 Å². The summed E-state index contributed by atoms with van der Waals surface area (Å²) in [6.07, 6.45) is 1.01. The molecule has 1 aromatic carbocycles. The first-order valence-electron chi connectivity index (χ1n) is 7.11. The van der Waals surface area contributed by atoms with E-state index in [-0.39, 0.29) is 16.7 Å². The van der Waals surface area contributed by atoms with Crippen LogP contribution in [0.1, 0.15) is 25.8 Å². The molecule has 1 atom stereocenters. The monoisotopic (exact) mass is 313 g/mol. The van der Waals surface area contributed by atoms with Gasteiger partial charge in [-0.15, -0.1) is 0 Å². The van der Waals surface area contributed by atoms with Crippen molar-refractivity contribution in [3.63, 3.8) is 0 Å². The Hall–Kier alpha value is -1.17. The molecule has 1 unspecified atom stereocenters. The minimum Gasteiger partial charge on any atom is -0.308 e. The summed E-state index contributed by atoms with van der Waals surface area (Å²) in [5.74, 6) is 0.559. The molecule has 21 heavy (non-hydrogen) atoms. The van der Waals surface area contributed by atoms with E-state index in [9.17, 15) is 10.1 Å². The van der Waals surface area contributed by atoms with Gasteiger partial charge in [-0.25, -0.2) is 0 Å². The number of likely N-dealkylation sites (N-methyl/N-ethyl adjacent to an activating group) is 1. The maximum atomic E-state index is 11.1. The molecule has 0 aliphatic carbocycles. The van der Waals surface area contributed by atoms with Crippen LogP contribution >= 0.6 is 11.6 Å². The number of nitro benzene ring substituents is 1. The third-order valence-corrected chi connectivity index (χ3v) is 3.55. The fraction of sp³-hybridized carbons (Fsp3) is 0.600. The van der Waals surface area contributed by atoms with E-state index in [1.807, 2.05) is 14.1 Å². The van der Waals surface area contributed by atoms with Gasteiger partial charge < -0.3 is 10.2 Å². The van der Waals surface area contributed by atoms with Crippen LogP contribution in [0.4, 0.5) is 5.69 Å². The van der Waals surface area contributed by atoms with E-state index in [2.05, 4.69) is 24.1 Å². The van der Waals surface area contributed by atoms with E-state index in [0.29, 0.717) is 23.0 Å². The molecule has 118 valence electrons. The Morgan fingerprint density at radius 1 is 1.38 bits per heavy atom. The highest BCUT2D eigenvalue weighted by Gasteiger charge is 2.18. The minimum absolute atomic E-state index is 0.0724. The largest absolute Gasteiger partial charge is 0.308 e. The van der Waals surface area contributed by atoms with E-state index in [0.717, 1.165) is 13.0 Å². The van der Waals surface area contributed by atoms with E-state index in [1.54, 1.807) is 12.1 Å². The lowest BCUT2D eigenvalue weighted by Crippen LogP contribution is -2.39. The summed E-state index contributed by atoms with van der Waals surface area (Å²) in [7, 11) is 4.04. The zero-order valence-electron chi connectivity index (χ0n) is 13.1. The van der Waals surface area contributed by atoms with Gasteiger partial charge in [-0.2, -0.15) is 0 Å². The lowest BCUT2D eigenvalue weighted by Gasteiger charge is -2.24. The summed E-state index contributed by atoms with van der Waals surface area (Å²) in [6, 6.07) is 5.06. The topological polar surface area (TPSA) is 58.4 Å². The van der Waals surface area contributed by atoms with Crippen LogP contribution in [0.15, 0.2) is 18.2 Å². The molecule has 0 heterocycles. The Morgan fingerprint density at radius 3 is 2.57 bits per heavy atom. The third-order valence-electron chi connectivity index (χ3n) is 3.20. The van der Waals surface area contributed by atoms with Crippen LogP contribution in [0, 0.1) is 16.0 Å². The molecule has 0 radical (unpaired) electrons. The van der Waals surface area contributed by atoms with Crippen LogP contribution in [0.5, 0.6) is 0 Å². The standard InChI is InChI=1S/C15H24ClN3O2/c1-11(2)8-12(10-18(3)4)17-9-13-14(16)6-5-7-15(13)19(20)21/h5-7,11-12,17H,8-10H2,1-4H3. The quantitative estimate of drug-likeness (QED) is 0.591. The zero-order chi connectivity index (χ0) is 16.0. The summed E-state index contributed by atoms with van der Waals surface area (Å²) < 4.78 is 0. The van der Waals surface area contributed by atoms with Crippen LogP contribution in [-0.4, -0.2) is 36.5 Å². The Labute approximate surface area is 131 Å². The molecule has 1 aromatic rings. The zero-order valence-corrected chi connectivity index (χ0v) is 13.9. The van der Waals surface area contributed by atoms with Crippen molar-refractivity contribution < 1.29 is 4.92 Å².